The summed E-state index contributed by atoms with van der Waals surface area (Å²) in [5.74, 6) is 0.196. The lowest BCUT2D eigenvalue weighted by Gasteiger charge is -2.06. The van der Waals surface area contributed by atoms with Crippen LogP contribution in [0.25, 0.3) is 0 Å². The van der Waals surface area contributed by atoms with Crippen molar-refractivity contribution in [3.63, 3.8) is 0 Å². The van der Waals surface area contributed by atoms with Crippen LogP contribution in [0.1, 0.15) is 116 Å². The number of aldehydes is 2. The Kier molecular flexibility index (Phi) is 20.9. The molecule has 26 heavy (non-hydrogen) atoms. The van der Waals surface area contributed by atoms with Crippen molar-refractivity contribution in [2.24, 2.45) is 0 Å². The number of unbranched alkanes of at least 4 members (excludes halogenated alkanes) is 15. The minimum Gasteiger partial charge on any atom is -0.356 e. The summed E-state index contributed by atoms with van der Waals surface area (Å²) in [4.78, 5) is 32.1. The van der Waals surface area contributed by atoms with Crippen LogP contribution in [0.4, 0.5) is 0 Å². The molecule has 0 fully saturated rings. The summed E-state index contributed by atoms with van der Waals surface area (Å²) in [5.41, 5.74) is 0. The fourth-order valence-corrected chi connectivity index (χ4v) is 3.13. The van der Waals surface area contributed by atoms with Crippen LogP contribution in [-0.2, 0) is 14.4 Å². The molecule has 0 unspecified atom stereocenters. The number of rotatable bonds is 21. The molecule has 0 bridgehead atoms. The quantitative estimate of drug-likeness (QED) is 0.214. The molecule has 1 amide bonds. The molecule has 4 nitrogen and oxygen atoms in total. The zero-order valence-corrected chi connectivity index (χ0v) is 16.8. The molecule has 0 atom stereocenters. The van der Waals surface area contributed by atoms with Gasteiger partial charge in [-0.15, -0.1) is 0 Å². The molecule has 0 saturated heterocycles. The maximum atomic E-state index is 11.7. The topological polar surface area (TPSA) is 63.2 Å². The molecular formula is C22H41NO3. The maximum Gasteiger partial charge on any atom is 0.219 e. The number of nitrogens with one attached hydrogen (secondary N) is 1. The first-order chi connectivity index (χ1) is 12.8. The Hall–Kier alpha value is -1.19. The van der Waals surface area contributed by atoms with Gasteiger partial charge >= 0.3 is 0 Å². The van der Waals surface area contributed by atoms with Crippen LogP contribution in [-0.4, -0.2) is 25.0 Å². The van der Waals surface area contributed by atoms with E-state index in [1.54, 1.807) is 0 Å². The smallest absolute Gasteiger partial charge is 0.219 e. The number of carbonyl (C=O) groups is 3. The molecule has 0 aromatic rings. The van der Waals surface area contributed by atoms with Crippen LogP contribution in [0.3, 0.4) is 0 Å². The highest BCUT2D eigenvalue weighted by molar-refractivity contribution is 5.75. The standard InChI is InChI=1S/C22H41NO3/c24-20-16-12-8-4-2-1-3-7-11-15-19-23-22(26)18-14-10-6-5-9-13-17-21-25/h20-21H,1-19H2,(H,23,26). The number of carbonyl (C=O) groups excluding carboxylic acids is 3. The third-order valence-corrected chi connectivity index (χ3v) is 4.80. The normalized spacial score (nSPS) is 10.6. The van der Waals surface area contributed by atoms with E-state index in [1.807, 2.05) is 0 Å². The van der Waals surface area contributed by atoms with Crippen LogP contribution in [0.15, 0.2) is 0 Å². The zero-order valence-electron chi connectivity index (χ0n) is 16.8. The Labute approximate surface area is 160 Å². The van der Waals surface area contributed by atoms with Crippen LogP contribution in [0.5, 0.6) is 0 Å². The van der Waals surface area contributed by atoms with Crippen LogP contribution in [0, 0.1) is 0 Å². The summed E-state index contributed by atoms with van der Waals surface area (Å²) in [6, 6.07) is 0. The van der Waals surface area contributed by atoms with Crippen molar-refractivity contribution < 1.29 is 14.4 Å². The summed E-state index contributed by atoms with van der Waals surface area (Å²) in [6.07, 6.45) is 21.5. The molecular weight excluding hydrogens is 326 g/mol. The second kappa shape index (κ2) is 21.9. The SMILES string of the molecule is O=CCCCCCCCCCCCNC(=O)CCCCCCCCC=O. The van der Waals surface area contributed by atoms with E-state index >= 15 is 0 Å². The molecule has 0 saturated carbocycles. The summed E-state index contributed by atoms with van der Waals surface area (Å²) in [5, 5.41) is 3.03. The number of hydrogen-bond donors (Lipinski definition) is 1. The first-order valence-corrected chi connectivity index (χ1v) is 10.9. The van der Waals surface area contributed by atoms with Crippen molar-refractivity contribution in [2.75, 3.05) is 6.54 Å². The van der Waals surface area contributed by atoms with Gasteiger partial charge in [-0.2, -0.15) is 0 Å². The summed E-state index contributed by atoms with van der Waals surface area (Å²) in [6.45, 7) is 0.816. The minimum absolute atomic E-state index is 0.196. The summed E-state index contributed by atoms with van der Waals surface area (Å²) < 4.78 is 0. The average molecular weight is 368 g/mol. The Bertz CT molecular complexity index is 331. The van der Waals surface area contributed by atoms with E-state index in [9.17, 15) is 14.4 Å². The Morgan fingerprint density at radius 2 is 0.923 bits per heavy atom. The zero-order chi connectivity index (χ0) is 19.1. The van der Waals surface area contributed by atoms with E-state index in [0.717, 1.165) is 57.6 Å². The fraction of sp³-hybridized carbons (Fsp3) is 0.864. The van der Waals surface area contributed by atoms with Crippen LogP contribution in [0.2, 0.25) is 0 Å². The van der Waals surface area contributed by atoms with Gasteiger partial charge in [0.2, 0.25) is 5.91 Å². The van der Waals surface area contributed by atoms with Crippen molar-refractivity contribution in [3.05, 3.63) is 0 Å². The van der Waals surface area contributed by atoms with E-state index in [-0.39, 0.29) is 5.91 Å². The van der Waals surface area contributed by atoms with Crippen molar-refractivity contribution >= 4 is 18.5 Å². The van der Waals surface area contributed by atoms with Crippen molar-refractivity contribution in [1.82, 2.24) is 5.32 Å². The average Bonchev–Trinajstić information content (AvgIpc) is 2.65. The van der Waals surface area contributed by atoms with Gasteiger partial charge in [-0.1, -0.05) is 70.6 Å². The molecule has 152 valence electrons. The first kappa shape index (κ1) is 24.8. The molecule has 0 heterocycles. The maximum absolute atomic E-state index is 11.7. The molecule has 0 aliphatic carbocycles. The second-order valence-electron chi connectivity index (χ2n) is 7.31. The molecule has 0 aliphatic rings. The number of amides is 1. The third-order valence-electron chi connectivity index (χ3n) is 4.80. The van der Waals surface area contributed by atoms with Crippen LogP contribution < -0.4 is 5.32 Å². The highest BCUT2D eigenvalue weighted by atomic mass is 16.1. The summed E-state index contributed by atoms with van der Waals surface area (Å²) in [7, 11) is 0. The predicted octanol–water partition coefficient (Wildman–Crippen LogP) is 5.52. The van der Waals surface area contributed by atoms with E-state index in [2.05, 4.69) is 5.32 Å². The van der Waals surface area contributed by atoms with Crippen molar-refractivity contribution in [2.45, 2.75) is 116 Å². The number of hydrogen-bond acceptors (Lipinski definition) is 3. The Balaban J connectivity index is 3.15. The predicted molar refractivity (Wildman–Crippen MR) is 108 cm³/mol. The highest BCUT2D eigenvalue weighted by Gasteiger charge is 2.00. The minimum atomic E-state index is 0.196. The fourth-order valence-electron chi connectivity index (χ4n) is 3.13. The monoisotopic (exact) mass is 367 g/mol. The molecule has 0 rings (SSSR count). The lowest BCUT2D eigenvalue weighted by molar-refractivity contribution is -0.121. The van der Waals surface area contributed by atoms with Gasteiger partial charge in [0.25, 0.3) is 0 Å². The van der Waals surface area contributed by atoms with E-state index in [4.69, 9.17) is 0 Å². The van der Waals surface area contributed by atoms with Crippen molar-refractivity contribution in [3.8, 4) is 0 Å². The molecule has 0 spiro atoms. The molecule has 4 heteroatoms. The van der Waals surface area contributed by atoms with Gasteiger partial charge in [0, 0.05) is 25.8 Å². The molecule has 0 aromatic heterocycles. The highest BCUT2D eigenvalue weighted by Crippen LogP contribution is 2.10. The van der Waals surface area contributed by atoms with Gasteiger partial charge in [0.1, 0.15) is 12.6 Å². The Morgan fingerprint density at radius 3 is 1.38 bits per heavy atom. The van der Waals surface area contributed by atoms with Gasteiger partial charge in [-0.05, 0) is 25.7 Å². The Morgan fingerprint density at radius 1 is 0.538 bits per heavy atom. The van der Waals surface area contributed by atoms with E-state index in [1.165, 1.54) is 57.8 Å². The lowest BCUT2D eigenvalue weighted by Crippen LogP contribution is -2.23. The van der Waals surface area contributed by atoms with Gasteiger partial charge in [0.15, 0.2) is 0 Å². The van der Waals surface area contributed by atoms with Gasteiger partial charge in [-0.3, -0.25) is 4.79 Å². The molecule has 0 aromatic carbocycles. The molecule has 1 N–H and O–H groups in total. The van der Waals surface area contributed by atoms with Crippen LogP contribution >= 0.6 is 0 Å². The molecule has 0 aliphatic heterocycles. The largest absolute Gasteiger partial charge is 0.356 e. The van der Waals surface area contributed by atoms with Gasteiger partial charge in [-0.25, -0.2) is 0 Å². The third kappa shape index (κ3) is 20.9. The van der Waals surface area contributed by atoms with E-state index < -0.39 is 0 Å². The van der Waals surface area contributed by atoms with Gasteiger partial charge < -0.3 is 14.9 Å². The lowest BCUT2D eigenvalue weighted by atomic mass is 10.1. The van der Waals surface area contributed by atoms with Crippen molar-refractivity contribution in [1.29, 1.82) is 0 Å². The molecule has 0 radical (unpaired) electrons. The summed E-state index contributed by atoms with van der Waals surface area (Å²) >= 11 is 0. The first-order valence-electron chi connectivity index (χ1n) is 10.9. The van der Waals surface area contributed by atoms with E-state index in [0.29, 0.717) is 19.3 Å². The second-order valence-corrected chi connectivity index (χ2v) is 7.31. The van der Waals surface area contributed by atoms with Gasteiger partial charge in [0.05, 0.1) is 0 Å².